The molecule has 3 nitrogen and oxygen atoms in total. The number of nitrogens with one attached hydrogen (secondary N) is 1. The molecular formula is C14H15ClN2O. The molecule has 0 unspecified atom stereocenters. The van der Waals surface area contributed by atoms with Crippen molar-refractivity contribution in [3.63, 3.8) is 0 Å². The van der Waals surface area contributed by atoms with Crippen LogP contribution in [0.5, 0.6) is 5.75 Å². The molecule has 4 heteroatoms. The fourth-order valence-electron chi connectivity index (χ4n) is 1.73. The summed E-state index contributed by atoms with van der Waals surface area (Å²) >= 11 is 6.05. The molecule has 0 saturated heterocycles. The zero-order valence-electron chi connectivity index (χ0n) is 10.4. The Kier molecular flexibility index (Phi) is 4.05. The summed E-state index contributed by atoms with van der Waals surface area (Å²) in [6, 6.07) is 7.90. The van der Waals surface area contributed by atoms with Crippen LogP contribution in [0.1, 0.15) is 11.1 Å². The van der Waals surface area contributed by atoms with Crippen LogP contribution in [0.4, 0.5) is 5.69 Å². The number of nitrogens with zero attached hydrogens (tertiary/aromatic N) is 1. The Bertz CT molecular complexity index is 543. The van der Waals surface area contributed by atoms with E-state index < -0.39 is 0 Å². The second-order valence-corrected chi connectivity index (χ2v) is 4.41. The number of anilines is 1. The van der Waals surface area contributed by atoms with Gasteiger partial charge >= 0.3 is 0 Å². The Labute approximate surface area is 112 Å². The minimum absolute atomic E-state index is 0.674. The van der Waals surface area contributed by atoms with Gasteiger partial charge in [0.05, 0.1) is 12.1 Å². The average Bonchev–Trinajstić information content (AvgIpc) is 2.38. The minimum Gasteiger partial charge on any atom is -0.496 e. The van der Waals surface area contributed by atoms with E-state index in [1.54, 1.807) is 19.5 Å². The summed E-state index contributed by atoms with van der Waals surface area (Å²) in [5.74, 6) is 0.891. The highest BCUT2D eigenvalue weighted by Gasteiger charge is 2.02. The van der Waals surface area contributed by atoms with E-state index >= 15 is 0 Å². The molecule has 0 fully saturated rings. The van der Waals surface area contributed by atoms with E-state index in [-0.39, 0.29) is 0 Å². The van der Waals surface area contributed by atoms with Crippen LogP contribution in [0.2, 0.25) is 5.02 Å². The molecule has 0 aliphatic heterocycles. The number of halogens is 1. The van der Waals surface area contributed by atoms with Crippen LogP contribution in [-0.4, -0.2) is 12.1 Å². The van der Waals surface area contributed by atoms with Crippen molar-refractivity contribution >= 4 is 17.3 Å². The summed E-state index contributed by atoms with van der Waals surface area (Å²) in [4.78, 5) is 3.96. The van der Waals surface area contributed by atoms with Crippen LogP contribution in [-0.2, 0) is 6.54 Å². The zero-order valence-corrected chi connectivity index (χ0v) is 11.2. The molecule has 0 saturated carbocycles. The Hall–Kier alpha value is -1.74. The smallest absolute Gasteiger partial charge is 0.121 e. The molecule has 2 rings (SSSR count). The topological polar surface area (TPSA) is 34.1 Å². The predicted octanol–water partition coefficient (Wildman–Crippen LogP) is 3.66. The number of rotatable bonds is 4. The molecule has 0 amide bonds. The van der Waals surface area contributed by atoms with Crippen LogP contribution in [0.15, 0.2) is 36.7 Å². The third-order valence-corrected chi connectivity index (χ3v) is 3.07. The highest BCUT2D eigenvalue weighted by molar-refractivity contribution is 6.31. The molecule has 1 aromatic carbocycles. The van der Waals surface area contributed by atoms with Crippen LogP contribution in [0, 0.1) is 6.92 Å². The van der Waals surface area contributed by atoms with E-state index in [1.165, 1.54) is 0 Å². The summed E-state index contributed by atoms with van der Waals surface area (Å²) in [7, 11) is 1.67. The summed E-state index contributed by atoms with van der Waals surface area (Å²) in [5, 5.41) is 4.00. The fourth-order valence-corrected chi connectivity index (χ4v) is 1.92. The molecule has 18 heavy (non-hydrogen) atoms. The lowest BCUT2D eigenvalue weighted by Crippen LogP contribution is -2.00. The van der Waals surface area contributed by atoms with Crippen molar-refractivity contribution < 1.29 is 4.74 Å². The number of ether oxygens (including phenoxy) is 1. The summed E-state index contributed by atoms with van der Waals surface area (Å²) in [5.41, 5.74) is 3.17. The number of methoxy groups -OCH3 is 1. The summed E-state index contributed by atoms with van der Waals surface area (Å²) in [6.45, 7) is 2.69. The lowest BCUT2D eigenvalue weighted by atomic mass is 10.2. The molecule has 0 spiro atoms. The van der Waals surface area contributed by atoms with Crippen LogP contribution < -0.4 is 10.1 Å². The molecule has 1 heterocycles. The van der Waals surface area contributed by atoms with Gasteiger partial charge in [-0.3, -0.25) is 4.98 Å². The number of pyridine rings is 1. The number of hydrogen-bond donors (Lipinski definition) is 1. The fraction of sp³-hybridized carbons (Fsp3) is 0.214. The van der Waals surface area contributed by atoms with Crippen molar-refractivity contribution in [3.8, 4) is 5.75 Å². The van der Waals surface area contributed by atoms with E-state index in [4.69, 9.17) is 16.3 Å². The average molecular weight is 263 g/mol. The second-order valence-electron chi connectivity index (χ2n) is 4.01. The summed E-state index contributed by atoms with van der Waals surface area (Å²) in [6.07, 6.45) is 3.39. The molecule has 0 atom stereocenters. The van der Waals surface area contributed by atoms with E-state index in [1.807, 2.05) is 31.2 Å². The molecule has 1 aromatic heterocycles. The lowest BCUT2D eigenvalue weighted by molar-refractivity contribution is 0.412. The van der Waals surface area contributed by atoms with Gasteiger partial charge in [0.15, 0.2) is 0 Å². The zero-order chi connectivity index (χ0) is 13.0. The largest absolute Gasteiger partial charge is 0.496 e. The molecule has 0 radical (unpaired) electrons. The Balaban J connectivity index is 2.07. The van der Waals surface area contributed by atoms with Gasteiger partial charge in [-0.2, -0.15) is 0 Å². The van der Waals surface area contributed by atoms with Crippen molar-refractivity contribution in [1.29, 1.82) is 0 Å². The van der Waals surface area contributed by atoms with Gasteiger partial charge in [0.2, 0.25) is 0 Å². The molecule has 2 aromatic rings. The maximum Gasteiger partial charge on any atom is 0.121 e. The van der Waals surface area contributed by atoms with Crippen molar-refractivity contribution in [1.82, 2.24) is 4.98 Å². The first-order valence-corrected chi connectivity index (χ1v) is 6.05. The first kappa shape index (κ1) is 12.7. The highest BCUT2D eigenvalue weighted by atomic mass is 35.5. The van der Waals surface area contributed by atoms with Crippen LogP contribution in [0.25, 0.3) is 0 Å². The van der Waals surface area contributed by atoms with Gasteiger partial charge in [-0.1, -0.05) is 11.6 Å². The highest BCUT2D eigenvalue weighted by Crippen LogP contribution is 2.22. The van der Waals surface area contributed by atoms with Gasteiger partial charge < -0.3 is 10.1 Å². The maximum absolute atomic E-state index is 6.05. The molecule has 0 aliphatic rings. The van der Waals surface area contributed by atoms with E-state index in [0.29, 0.717) is 11.6 Å². The first-order chi connectivity index (χ1) is 8.70. The number of aryl methyl sites for hydroxylation is 1. The predicted molar refractivity (Wildman–Crippen MR) is 74.3 cm³/mol. The minimum atomic E-state index is 0.674. The van der Waals surface area contributed by atoms with Crippen molar-refractivity contribution in [3.05, 3.63) is 52.8 Å². The molecular weight excluding hydrogens is 248 g/mol. The molecule has 0 bridgehead atoms. The molecule has 0 aliphatic carbocycles. The third kappa shape index (κ3) is 2.93. The van der Waals surface area contributed by atoms with Gasteiger partial charge in [0.1, 0.15) is 5.75 Å². The van der Waals surface area contributed by atoms with E-state index in [0.717, 1.165) is 22.6 Å². The number of hydrogen-bond acceptors (Lipinski definition) is 3. The van der Waals surface area contributed by atoms with Gasteiger partial charge in [-0.25, -0.2) is 0 Å². The SMILES string of the molecule is COc1ccc(NCc2ccncc2Cl)cc1C. The van der Waals surface area contributed by atoms with Crippen molar-refractivity contribution in [2.24, 2.45) is 0 Å². The van der Waals surface area contributed by atoms with Gasteiger partial charge in [0.25, 0.3) is 0 Å². The third-order valence-electron chi connectivity index (χ3n) is 2.73. The normalized spacial score (nSPS) is 10.2. The Morgan fingerprint density at radius 2 is 2.17 bits per heavy atom. The second kappa shape index (κ2) is 5.74. The Morgan fingerprint density at radius 3 is 2.83 bits per heavy atom. The van der Waals surface area contributed by atoms with E-state index in [2.05, 4.69) is 10.3 Å². The maximum atomic E-state index is 6.05. The summed E-state index contributed by atoms with van der Waals surface area (Å²) < 4.78 is 5.22. The van der Waals surface area contributed by atoms with Crippen molar-refractivity contribution in [2.75, 3.05) is 12.4 Å². The Morgan fingerprint density at radius 1 is 1.33 bits per heavy atom. The number of benzene rings is 1. The van der Waals surface area contributed by atoms with E-state index in [9.17, 15) is 0 Å². The first-order valence-electron chi connectivity index (χ1n) is 5.67. The lowest BCUT2D eigenvalue weighted by Gasteiger charge is -2.10. The molecule has 1 N–H and O–H groups in total. The van der Waals surface area contributed by atoms with Crippen LogP contribution in [0.3, 0.4) is 0 Å². The van der Waals surface area contributed by atoms with Gasteiger partial charge in [0, 0.05) is 24.6 Å². The monoisotopic (exact) mass is 262 g/mol. The van der Waals surface area contributed by atoms with Gasteiger partial charge in [-0.05, 0) is 42.3 Å². The van der Waals surface area contributed by atoms with Gasteiger partial charge in [-0.15, -0.1) is 0 Å². The van der Waals surface area contributed by atoms with Crippen LogP contribution >= 0.6 is 11.6 Å². The van der Waals surface area contributed by atoms with Crippen molar-refractivity contribution in [2.45, 2.75) is 13.5 Å². The quantitative estimate of drug-likeness (QED) is 0.913. The standard InChI is InChI=1S/C14H15ClN2O/c1-10-7-12(3-4-14(10)18-2)17-8-11-5-6-16-9-13(11)15/h3-7,9,17H,8H2,1-2H3. The molecule has 94 valence electrons. The number of aromatic nitrogens is 1.